The molecule has 1 amide bonds. The minimum atomic E-state index is -0.268. The first kappa shape index (κ1) is 21.8. The van der Waals surface area contributed by atoms with E-state index >= 15 is 0 Å². The van der Waals surface area contributed by atoms with E-state index in [-0.39, 0.29) is 24.1 Å². The number of amides is 1. The number of carbonyl (C=O) groups excluding carboxylic acids is 1. The molecular weight excluding hydrogens is 424 g/mol. The zero-order valence-electron chi connectivity index (χ0n) is 18.3. The van der Waals surface area contributed by atoms with Gasteiger partial charge in [0.2, 0.25) is 5.91 Å². The zero-order valence-corrected chi connectivity index (χ0v) is 19.1. The predicted octanol–water partition coefficient (Wildman–Crippen LogP) is 4.39. The molecule has 1 unspecified atom stereocenters. The average Bonchev–Trinajstić information content (AvgIpc) is 3.01. The van der Waals surface area contributed by atoms with Crippen molar-refractivity contribution in [3.8, 4) is 0 Å². The maximum absolute atomic E-state index is 13.2. The molecule has 164 valence electrons. The Morgan fingerprint density at radius 3 is 2.56 bits per heavy atom. The molecule has 0 radical (unpaired) electrons. The molecule has 2 aromatic carbocycles. The van der Waals surface area contributed by atoms with Crippen LogP contribution in [-0.4, -0.2) is 20.3 Å². The fraction of sp³-hybridized carbons (Fsp3) is 0.240. The number of benzene rings is 2. The molecule has 32 heavy (non-hydrogen) atoms. The first-order valence-electron chi connectivity index (χ1n) is 10.5. The van der Waals surface area contributed by atoms with Crippen molar-refractivity contribution in [1.82, 2.24) is 19.7 Å². The number of hydrogen-bond acceptors (Lipinski definition) is 3. The van der Waals surface area contributed by atoms with E-state index in [1.165, 1.54) is 4.68 Å². The molecule has 7 heteroatoms. The minimum absolute atomic E-state index is 0.135. The number of rotatable bonds is 6. The summed E-state index contributed by atoms with van der Waals surface area (Å²) in [6, 6.07) is 17.2. The second kappa shape index (κ2) is 9.01. The standard InChI is InChI=1S/C25H25ClN4O2/c1-16(20-9-5-4-6-10-20)28-23(31)15-30-25(32)24-18(3)29(17(2)22(24)13-27-30)14-19-8-7-11-21(26)12-19/h4-13,16H,14-15H2,1-3H3,(H,28,31). The molecule has 2 aromatic heterocycles. The summed E-state index contributed by atoms with van der Waals surface area (Å²) in [5, 5.41) is 9.26. The Labute approximate surface area is 191 Å². The van der Waals surface area contributed by atoms with Gasteiger partial charge in [-0.15, -0.1) is 0 Å². The highest BCUT2D eigenvalue weighted by Crippen LogP contribution is 2.23. The van der Waals surface area contributed by atoms with Crippen molar-refractivity contribution in [2.45, 2.75) is 39.9 Å². The van der Waals surface area contributed by atoms with Crippen LogP contribution in [0.15, 0.2) is 65.6 Å². The lowest BCUT2D eigenvalue weighted by atomic mass is 10.1. The number of aromatic nitrogens is 3. The van der Waals surface area contributed by atoms with Gasteiger partial charge in [0, 0.05) is 28.3 Å². The van der Waals surface area contributed by atoms with E-state index in [0.717, 1.165) is 27.9 Å². The molecule has 0 aliphatic heterocycles. The molecule has 6 nitrogen and oxygen atoms in total. The zero-order chi connectivity index (χ0) is 22.8. The van der Waals surface area contributed by atoms with Gasteiger partial charge in [-0.05, 0) is 44.0 Å². The van der Waals surface area contributed by atoms with Gasteiger partial charge in [0.1, 0.15) is 6.54 Å². The molecular formula is C25H25ClN4O2. The second-order valence-electron chi connectivity index (χ2n) is 7.98. The Hall–Kier alpha value is -3.38. The fourth-order valence-electron chi connectivity index (χ4n) is 4.06. The van der Waals surface area contributed by atoms with Crippen LogP contribution in [0.5, 0.6) is 0 Å². The van der Waals surface area contributed by atoms with Gasteiger partial charge in [-0.2, -0.15) is 5.10 Å². The molecule has 0 spiro atoms. The molecule has 0 bridgehead atoms. The third kappa shape index (κ3) is 4.32. The fourth-order valence-corrected chi connectivity index (χ4v) is 4.27. The summed E-state index contributed by atoms with van der Waals surface area (Å²) in [6.07, 6.45) is 1.67. The SMILES string of the molecule is Cc1c2cnn(CC(=O)NC(C)c3ccccc3)c(=O)c2c(C)n1Cc1cccc(Cl)c1. The van der Waals surface area contributed by atoms with Crippen LogP contribution in [-0.2, 0) is 17.9 Å². The van der Waals surface area contributed by atoms with Gasteiger partial charge in [0.25, 0.3) is 5.56 Å². The molecule has 0 aliphatic carbocycles. The first-order chi connectivity index (χ1) is 15.3. The van der Waals surface area contributed by atoms with Crippen LogP contribution in [0.4, 0.5) is 0 Å². The Morgan fingerprint density at radius 1 is 1.09 bits per heavy atom. The lowest BCUT2D eigenvalue weighted by molar-refractivity contribution is -0.122. The van der Waals surface area contributed by atoms with Crippen molar-refractivity contribution < 1.29 is 4.79 Å². The Balaban J connectivity index is 1.60. The van der Waals surface area contributed by atoms with E-state index in [2.05, 4.69) is 15.0 Å². The third-order valence-corrected chi connectivity index (χ3v) is 6.04. The van der Waals surface area contributed by atoms with E-state index in [1.807, 2.05) is 75.4 Å². The van der Waals surface area contributed by atoms with Gasteiger partial charge >= 0.3 is 0 Å². The van der Waals surface area contributed by atoms with E-state index in [4.69, 9.17) is 11.6 Å². The summed E-state index contributed by atoms with van der Waals surface area (Å²) < 4.78 is 3.31. The van der Waals surface area contributed by atoms with Gasteiger partial charge in [0.05, 0.1) is 17.6 Å². The minimum Gasteiger partial charge on any atom is -0.348 e. The maximum atomic E-state index is 13.2. The molecule has 0 saturated carbocycles. The van der Waals surface area contributed by atoms with Crippen LogP contribution in [0.25, 0.3) is 10.8 Å². The number of nitrogens with zero attached hydrogens (tertiary/aromatic N) is 3. The molecule has 0 saturated heterocycles. The monoisotopic (exact) mass is 448 g/mol. The summed E-state index contributed by atoms with van der Waals surface area (Å²) >= 11 is 6.13. The normalized spacial score (nSPS) is 12.1. The number of halogens is 1. The number of nitrogens with one attached hydrogen (secondary N) is 1. The highest BCUT2D eigenvalue weighted by Gasteiger charge is 2.18. The lowest BCUT2D eigenvalue weighted by Gasteiger charge is -2.14. The van der Waals surface area contributed by atoms with E-state index in [1.54, 1.807) is 6.20 Å². The summed E-state index contributed by atoms with van der Waals surface area (Å²) in [5.41, 5.74) is 3.58. The Kier molecular flexibility index (Phi) is 6.15. The highest BCUT2D eigenvalue weighted by molar-refractivity contribution is 6.30. The largest absolute Gasteiger partial charge is 0.348 e. The first-order valence-corrected chi connectivity index (χ1v) is 10.9. The smallest absolute Gasteiger partial charge is 0.276 e. The Bertz CT molecular complexity index is 1340. The highest BCUT2D eigenvalue weighted by atomic mass is 35.5. The molecule has 1 N–H and O–H groups in total. The molecule has 1 atom stereocenters. The topological polar surface area (TPSA) is 68.9 Å². The summed E-state index contributed by atoms with van der Waals surface area (Å²) in [4.78, 5) is 25.8. The van der Waals surface area contributed by atoms with Crippen molar-refractivity contribution in [2.75, 3.05) is 0 Å². The maximum Gasteiger partial charge on any atom is 0.276 e. The summed E-state index contributed by atoms with van der Waals surface area (Å²) in [6.45, 7) is 6.27. The number of hydrogen-bond donors (Lipinski definition) is 1. The third-order valence-electron chi connectivity index (χ3n) is 5.81. The van der Waals surface area contributed by atoms with Crippen molar-refractivity contribution >= 4 is 28.3 Å². The lowest BCUT2D eigenvalue weighted by Crippen LogP contribution is -2.35. The Morgan fingerprint density at radius 2 is 1.84 bits per heavy atom. The predicted molar refractivity (Wildman–Crippen MR) is 127 cm³/mol. The van der Waals surface area contributed by atoms with Crippen LogP contribution in [0, 0.1) is 13.8 Å². The molecule has 2 heterocycles. The average molecular weight is 449 g/mol. The summed E-state index contributed by atoms with van der Waals surface area (Å²) in [5.74, 6) is -0.261. The quantitative estimate of drug-likeness (QED) is 0.475. The van der Waals surface area contributed by atoms with Gasteiger partial charge in [-0.3, -0.25) is 9.59 Å². The molecule has 0 aliphatic rings. The van der Waals surface area contributed by atoms with Crippen molar-refractivity contribution in [3.05, 3.63) is 98.7 Å². The van der Waals surface area contributed by atoms with Crippen LogP contribution in [0.1, 0.15) is 35.5 Å². The number of fused-ring (bicyclic) bond motifs is 1. The van der Waals surface area contributed by atoms with Gasteiger partial charge in [-0.1, -0.05) is 54.1 Å². The van der Waals surface area contributed by atoms with Gasteiger partial charge in [0.15, 0.2) is 0 Å². The van der Waals surface area contributed by atoms with Crippen molar-refractivity contribution in [2.24, 2.45) is 0 Å². The van der Waals surface area contributed by atoms with Crippen LogP contribution in [0.3, 0.4) is 0 Å². The van der Waals surface area contributed by atoms with Gasteiger partial charge < -0.3 is 9.88 Å². The van der Waals surface area contributed by atoms with Crippen molar-refractivity contribution in [3.63, 3.8) is 0 Å². The number of aryl methyl sites for hydroxylation is 2. The van der Waals surface area contributed by atoms with Crippen LogP contribution < -0.4 is 10.9 Å². The molecule has 4 rings (SSSR count). The van der Waals surface area contributed by atoms with Crippen molar-refractivity contribution in [1.29, 1.82) is 0 Å². The number of carbonyl (C=O) groups is 1. The van der Waals surface area contributed by atoms with Crippen LogP contribution >= 0.6 is 11.6 Å². The summed E-state index contributed by atoms with van der Waals surface area (Å²) in [7, 11) is 0. The van der Waals surface area contributed by atoms with E-state index < -0.39 is 0 Å². The van der Waals surface area contributed by atoms with E-state index in [0.29, 0.717) is 17.0 Å². The van der Waals surface area contributed by atoms with Crippen LogP contribution in [0.2, 0.25) is 5.02 Å². The molecule has 0 fully saturated rings. The second-order valence-corrected chi connectivity index (χ2v) is 8.42. The van der Waals surface area contributed by atoms with E-state index in [9.17, 15) is 9.59 Å². The molecule has 4 aromatic rings. The van der Waals surface area contributed by atoms with Gasteiger partial charge in [-0.25, -0.2) is 4.68 Å².